The molecular weight excluding hydrogens is 244 g/mol. The third kappa shape index (κ3) is 3.21. The van der Waals surface area contributed by atoms with Gasteiger partial charge in [0, 0.05) is 26.3 Å². The third-order valence-electron chi connectivity index (χ3n) is 3.03. The summed E-state index contributed by atoms with van der Waals surface area (Å²) in [5.74, 6) is 0.734. The fourth-order valence-electron chi connectivity index (χ4n) is 1.98. The van der Waals surface area contributed by atoms with Crippen molar-refractivity contribution < 1.29 is 9.59 Å². The minimum Gasteiger partial charge on any atom is -0.370 e. The highest BCUT2D eigenvalue weighted by Gasteiger charge is 2.27. The van der Waals surface area contributed by atoms with Gasteiger partial charge in [0.25, 0.3) is 0 Å². The summed E-state index contributed by atoms with van der Waals surface area (Å²) in [7, 11) is 1.65. The van der Waals surface area contributed by atoms with Gasteiger partial charge in [-0.1, -0.05) is 0 Å². The predicted molar refractivity (Wildman–Crippen MR) is 71.5 cm³/mol. The summed E-state index contributed by atoms with van der Waals surface area (Å²) in [4.78, 5) is 30.7. The minimum atomic E-state index is -0.0273. The number of carbonyl (C=O) groups is 2. The zero-order chi connectivity index (χ0) is 13.8. The number of pyridine rings is 1. The molecule has 0 unspecified atom stereocenters. The van der Waals surface area contributed by atoms with Crippen LogP contribution in [-0.4, -0.2) is 53.3 Å². The Morgan fingerprint density at radius 3 is 2.84 bits per heavy atom. The normalized spacial score (nSPS) is 15.9. The molecule has 0 radical (unpaired) electrons. The van der Waals surface area contributed by atoms with Gasteiger partial charge >= 0.3 is 0 Å². The number of hydrogen-bond acceptors (Lipinski definition) is 4. The fraction of sp³-hybridized carbons (Fsp3) is 0.462. The first-order chi connectivity index (χ1) is 9.10. The number of amides is 2. The minimum absolute atomic E-state index is 0.0242. The second kappa shape index (κ2) is 5.69. The number of rotatable bonds is 4. The van der Waals surface area contributed by atoms with Crippen LogP contribution in [0.2, 0.25) is 0 Å². The highest BCUT2D eigenvalue weighted by molar-refractivity contribution is 5.92. The molecule has 19 heavy (non-hydrogen) atoms. The van der Waals surface area contributed by atoms with Crippen LogP contribution in [0.25, 0.3) is 0 Å². The quantitative estimate of drug-likeness (QED) is 0.848. The van der Waals surface area contributed by atoms with Crippen LogP contribution >= 0.6 is 0 Å². The molecule has 6 heteroatoms. The van der Waals surface area contributed by atoms with Crippen LogP contribution in [0.4, 0.5) is 5.82 Å². The summed E-state index contributed by atoms with van der Waals surface area (Å²) in [6.45, 7) is 3.54. The van der Waals surface area contributed by atoms with Gasteiger partial charge in [0.2, 0.25) is 11.8 Å². The van der Waals surface area contributed by atoms with Gasteiger partial charge in [-0.05, 0) is 24.6 Å². The fourth-order valence-corrected chi connectivity index (χ4v) is 1.98. The Hall–Kier alpha value is -2.11. The lowest BCUT2D eigenvalue weighted by Crippen LogP contribution is -2.51. The zero-order valence-corrected chi connectivity index (χ0v) is 11.2. The average molecular weight is 262 g/mol. The maximum absolute atomic E-state index is 11.9. The molecule has 102 valence electrons. The van der Waals surface area contributed by atoms with E-state index in [0.29, 0.717) is 6.54 Å². The van der Waals surface area contributed by atoms with Crippen molar-refractivity contribution in [2.75, 3.05) is 32.0 Å². The number of nitrogens with zero attached hydrogens (tertiary/aromatic N) is 3. The van der Waals surface area contributed by atoms with E-state index < -0.39 is 0 Å². The van der Waals surface area contributed by atoms with Crippen molar-refractivity contribution in [2.45, 2.75) is 13.5 Å². The molecule has 1 aliphatic rings. The van der Waals surface area contributed by atoms with Crippen molar-refractivity contribution in [3.63, 3.8) is 0 Å². The molecule has 0 aliphatic carbocycles. The number of anilines is 1. The Labute approximate surface area is 112 Å². The molecule has 1 aliphatic heterocycles. The van der Waals surface area contributed by atoms with Crippen molar-refractivity contribution in [1.82, 2.24) is 14.8 Å². The summed E-state index contributed by atoms with van der Waals surface area (Å²) in [6.07, 6.45) is 1.70. The van der Waals surface area contributed by atoms with E-state index in [-0.39, 0.29) is 24.9 Å². The van der Waals surface area contributed by atoms with Crippen molar-refractivity contribution >= 4 is 17.6 Å². The molecule has 0 bridgehead atoms. The molecule has 1 N–H and O–H groups in total. The van der Waals surface area contributed by atoms with Gasteiger partial charge in [-0.3, -0.25) is 9.59 Å². The number of likely N-dealkylation sites (N-methyl/N-ethyl adjacent to an activating group) is 1. The molecule has 6 nitrogen and oxygen atoms in total. The number of nitrogens with one attached hydrogen (secondary N) is 1. The average Bonchev–Trinajstić information content (AvgIpc) is 2.37. The highest BCUT2D eigenvalue weighted by atomic mass is 16.2. The summed E-state index contributed by atoms with van der Waals surface area (Å²) >= 11 is 0. The monoisotopic (exact) mass is 262 g/mol. The zero-order valence-electron chi connectivity index (χ0n) is 11.2. The molecule has 2 heterocycles. The molecule has 1 fully saturated rings. The Morgan fingerprint density at radius 2 is 2.11 bits per heavy atom. The number of piperazine rings is 1. The Kier molecular flexibility index (Phi) is 3.99. The number of aromatic nitrogens is 1. The van der Waals surface area contributed by atoms with E-state index in [1.165, 1.54) is 4.90 Å². The molecule has 0 aromatic carbocycles. The molecule has 1 aromatic rings. The lowest BCUT2D eigenvalue weighted by Gasteiger charge is -2.31. The van der Waals surface area contributed by atoms with Gasteiger partial charge in [-0.25, -0.2) is 4.98 Å². The molecule has 1 aromatic heterocycles. The third-order valence-corrected chi connectivity index (χ3v) is 3.03. The van der Waals surface area contributed by atoms with E-state index in [4.69, 9.17) is 0 Å². The summed E-state index contributed by atoms with van der Waals surface area (Å²) < 4.78 is 0. The van der Waals surface area contributed by atoms with Crippen LogP contribution < -0.4 is 5.32 Å². The largest absolute Gasteiger partial charge is 0.370 e. The SMILES string of the molecule is CCNc1cc(CN2CC(=O)N(C)CC2=O)ccn1. The number of carbonyl (C=O) groups excluding carboxylic acids is 2. The summed E-state index contributed by atoms with van der Waals surface area (Å²) in [5.41, 5.74) is 0.969. The lowest BCUT2D eigenvalue weighted by molar-refractivity contribution is -0.149. The van der Waals surface area contributed by atoms with Crippen LogP contribution in [0.3, 0.4) is 0 Å². The maximum Gasteiger partial charge on any atom is 0.242 e. The smallest absolute Gasteiger partial charge is 0.242 e. The predicted octanol–water partition coefficient (Wildman–Crippen LogP) is 0.314. The Balaban J connectivity index is 2.06. The van der Waals surface area contributed by atoms with E-state index in [1.807, 2.05) is 19.1 Å². The molecular formula is C13H18N4O2. The van der Waals surface area contributed by atoms with Gasteiger partial charge in [-0.2, -0.15) is 0 Å². The van der Waals surface area contributed by atoms with Crippen molar-refractivity contribution in [1.29, 1.82) is 0 Å². The van der Waals surface area contributed by atoms with E-state index in [9.17, 15) is 9.59 Å². The molecule has 0 atom stereocenters. The van der Waals surface area contributed by atoms with Gasteiger partial charge < -0.3 is 15.1 Å². The van der Waals surface area contributed by atoms with Gasteiger partial charge in [0.05, 0.1) is 6.54 Å². The molecule has 0 saturated carbocycles. The Bertz CT molecular complexity index is 489. The first-order valence-electron chi connectivity index (χ1n) is 6.30. The molecule has 1 saturated heterocycles. The van der Waals surface area contributed by atoms with E-state index in [2.05, 4.69) is 10.3 Å². The van der Waals surface area contributed by atoms with Gasteiger partial charge in [-0.15, -0.1) is 0 Å². The van der Waals surface area contributed by atoms with Crippen LogP contribution in [0.5, 0.6) is 0 Å². The van der Waals surface area contributed by atoms with E-state index in [0.717, 1.165) is 17.9 Å². The van der Waals surface area contributed by atoms with Crippen LogP contribution in [0.1, 0.15) is 12.5 Å². The molecule has 0 spiro atoms. The van der Waals surface area contributed by atoms with Gasteiger partial charge in [0.1, 0.15) is 12.4 Å². The summed E-state index contributed by atoms with van der Waals surface area (Å²) in [6, 6.07) is 3.76. The van der Waals surface area contributed by atoms with Crippen molar-refractivity contribution in [2.24, 2.45) is 0 Å². The molecule has 2 amide bonds. The Morgan fingerprint density at radius 1 is 1.32 bits per heavy atom. The first-order valence-corrected chi connectivity index (χ1v) is 6.30. The van der Waals surface area contributed by atoms with Crippen LogP contribution in [-0.2, 0) is 16.1 Å². The second-order valence-electron chi connectivity index (χ2n) is 4.58. The number of hydrogen-bond donors (Lipinski definition) is 1. The van der Waals surface area contributed by atoms with Gasteiger partial charge in [0.15, 0.2) is 0 Å². The standard InChI is InChI=1S/C13H18N4O2/c1-3-14-11-6-10(4-5-15-11)7-17-9-12(18)16(2)8-13(17)19/h4-6H,3,7-9H2,1-2H3,(H,14,15). The van der Waals surface area contributed by atoms with E-state index in [1.54, 1.807) is 18.1 Å². The molecule has 2 rings (SSSR count). The van der Waals surface area contributed by atoms with Crippen molar-refractivity contribution in [3.05, 3.63) is 23.9 Å². The highest BCUT2D eigenvalue weighted by Crippen LogP contribution is 2.12. The van der Waals surface area contributed by atoms with Crippen molar-refractivity contribution in [3.8, 4) is 0 Å². The van der Waals surface area contributed by atoms with Crippen LogP contribution in [0, 0.1) is 0 Å². The summed E-state index contributed by atoms with van der Waals surface area (Å²) in [5, 5.41) is 3.12. The first kappa shape index (κ1) is 13.3. The lowest BCUT2D eigenvalue weighted by atomic mass is 10.2. The second-order valence-corrected chi connectivity index (χ2v) is 4.58. The van der Waals surface area contributed by atoms with Crippen LogP contribution in [0.15, 0.2) is 18.3 Å². The van der Waals surface area contributed by atoms with E-state index >= 15 is 0 Å². The topological polar surface area (TPSA) is 65.5 Å². The maximum atomic E-state index is 11.9.